The molecule has 0 radical (unpaired) electrons. The fourth-order valence-corrected chi connectivity index (χ4v) is 1.75. The van der Waals surface area contributed by atoms with Gasteiger partial charge in [-0.2, -0.15) is 0 Å². The molecule has 0 aliphatic carbocycles. The summed E-state index contributed by atoms with van der Waals surface area (Å²) in [5.41, 5.74) is 6.27. The lowest BCUT2D eigenvalue weighted by Gasteiger charge is -2.29. The van der Waals surface area contributed by atoms with Gasteiger partial charge in [0.25, 0.3) is 0 Å². The maximum absolute atomic E-state index is 6.22. The lowest BCUT2D eigenvalue weighted by Crippen LogP contribution is -2.41. The van der Waals surface area contributed by atoms with Crippen molar-refractivity contribution < 1.29 is 0 Å². The van der Waals surface area contributed by atoms with Crippen LogP contribution in [-0.4, -0.2) is 5.54 Å². The molecule has 0 saturated carbocycles. The summed E-state index contributed by atoms with van der Waals surface area (Å²) in [5, 5.41) is 0. The van der Waals surface area contributed by atoms with E-state index < -0.39 is 0 Å². The molecule has 0 fully saturated rings. The molecule has 1 unspecified atom stereocenters. The summed E-state index contributed by atoms with van der Waals surface area (Å²) in [6, 6.07) is 0. The quantitative estimate of drug-likeness (QED) is 0.561. The van der Waals surface area contributed by atoms with Gasteiger partial charge in [-0.05, 0) is 19.3 Å². The highest BCUT2D eigenvalue weighted by atomic mass is 14.7. The molecule has 15 heavy (non-hydrogen) atoms. The van der Waals surface area contributed by atoms with Gasteiger partial charge in [0.15, 0.2) is 0 Å². The fourth-order valence-electron chi connectivity index (χ4n) is 1.75. The number of nitrogens with two attached hydrogens (primary N) is 1. The Hall–Kier alpha value is -0.0400. The molecule has 0 aliphatic rings. The molecule has 0 rings (SSSR count). The van der Waals surface area contributed by atoms with Gasteiger partial charge in [0.05, 0.1) is 0 Å². The summed E-state index contributed by atoms with van der Waals surface area (Å²) in [4.78, 5) is 0. The van der Waals surface area contributed by atoms with E-state index in [-0.39, 0.29) is 5.54 Å². The molecule has 0 aromatic rings. The topological polar surface area (TPSA) is 26.0 Å². The molecule has 0 spiro atoms. The van der Waals surface area contributed by atoms with Crippen LogP contribution in [0.1, 0.15) is 79.1 Å². The summed E-state index contributed by atoms with van der Waals surface area (Å²) in [6.07, 6.45) is 10.8. The van der Waals surface area contributed by atoms with Crippen molar-refractivity contribution >= 4 is 0 Å². The first kappa shape index (κ1) is 15.0. The van der Waals surface area contributed by atoms with E-state index in [2.05, 4.69) is 27.7 Å². The van der Waals surface area contributed by atoms with Gasteiger partial charge >= 0.3 is 0 Å². The number of unbranched alkanes of at least 4 members (excludes halogenated alkanes) is 6. The molecular weight excluding hydrogens is 182 g/mol. The zero-order valence-electron chi connectivity index (χ0n) is 11.3. The number of rotatable bonds is 9. The van der Waals surface area contributed by atoms with E-state index in [4.69, 9.17) is 5.73 Å². The van der Waals surface area contributed by atoms with Crippen LogP contribution >= 0.6 is 0 Å². The third-order valence-corrected chi connectivity index (χ3v) is 3.64. The Morgan fingerprint density at radius 3 is 1.87 bits per heavy atom. The van der Waals surface area contributed by atoms with Crippen molar-refractivity contribution in [1.82, 2.24) is 0 Å². The third kappa shape index (κ3) is 7.84. The van der Waals surface area contributed by atoms with E-state index in [1.54, 1.807) is 0 Å². The molecule has 92 valence electrons. The highest BCUT2D eigenvalue weighted by molar-refractivity contribution is 4.81. The van der Waals surface area contributed by atoms with Crippen molar-refractivity contribution in [2.45, 2.75) is 84.6 Å². The second kappa shape index (κ2) is 8.15. The van der Waals surface area contributed by atoms with Crippen LogP contribution in [0.25, 0.3) is 0 Å². The first-order valence-electron chi connectivity index (χ1n) is 6.79. The summed E-state index contributed by atoms with van der Waals surface area (Å²) in [6.45, 7) is 8.90. The fraction of sp³-hybridized carbons (Fsp3) is 1.00. The Bertz CT molecular complexity index is 138. The first-order valence-corrected chi connectivity index (χ1v) is 6.79. The van der Waals surface area contributed by atoms with Gasteiger partial charge < -0.3 is 5.73 Å². The minimum absolute atomic E-state index is 0.0451. The largest absolute Gasteiger partial charge is 0.325 e. The Labute approximate surface area is 96.8 Å². The van der Waals surface area contributed by atoms with Crippen molar-refractivity contribution in [2.75, 3.05) is 0 Å². The van der Waals surface area contributed by atoms with E-state index in [9.17, 15) is 0 Å². The zero-order valence-corrected chi connectivity index (χ0v) is 11.3. The van der Waals surface area contributed by atoms with Crippen LogP contribution in [-0.2, 0) is 0 Å². The minimum Gasteiger partial charge on any atom is -0.325 e. The van der Waals surface area contributed by atoms with Crippen LogP contribution in [0, 0.1) is 5.92 Å². The van der Waals surface area contributed by atoms with Crippen LogP contribution in [0.2, 0.25) is 0 Å². The zero-order chi connectivity index (χ0) is 11.7. The van der Waals surface area contributed by atoms with Gasteiger partial charge in [-0.25, -0.2) is 0 Å². The standard InChI is InChI=1S/C14H31N/c1-5-6-7-8-9-10-11-12-14(4,15)13(2)3/h13H,5-12,15H2,1-4H3. The summed E-state index contributed by atoms with van der Waals surface area (Å²) in [7, 11) is 0. The molecule has 1 atom stereocenters. The van der Waals surface area contributed by atoms with Gasteiger partial charge in [0.1, 0.15) is 0 Å². The molecule has 1 nitrogen and oxygen atoms in total. The third-order valence-electron chi connectivity index (χ3n) is 3.64. The van der Waals surface area contributed by atoms with Crippen molar-refractivity contribution in [3.8, 4) is 0 Å². The Kier molecular flexibility index (Phi) is 8.13. The van der Waals surface area contributed by atoms with Crippen LogP contribution < -0.4 is 5.73 Å². The molecule has 0 bridgehead atoms. The van der Waals surface area contributed by atoms with Crippen molar-refractivity contribution in [1.29, 1.82) is 0 Å². The molecule has 0 aromatic heterocycles. The van der Waals surface area contributed by atoms with E-state index in [1.807, 2.05) is 0 Å². The average Bonchev–Trinajstić information content (AvgIpc) is 2.16. The predicted octanol–water partition coefficient (Wildman–Crippen LogP) is 4.50. The smallest absolute Gasteiger partial charge is 0.0149 e. The van der Waals surface area contributed by atoms with Crippen molar-refractivity contribution in [3.05, 3.63) is 0 Å². The Morgan fingerprint density at radius 2 is 1.40 bits per heavy atom. The second-order valence-electron chi connectivity index (χ2n) is 5.53. The summed E-state index contributed by atoms with van der Waals surface area (Å²) in [5.74, 6) is 0.595. The van der Waals surface area contributed by atoms with Gasteiger partial charge in [-0.15, -0.1) is 0 Å². The highest BCUT2D eigenvalue weighted by Gasteiger charge is 2.21. The second-order valence-corrected chi connectivity index (χ2v) is 5.53. The monoisotopic (exact) mass is 213 g/mol. The van der Waals surface area contributed by atoms with Crippen LogP contribution in [0.4, 0.5) is 0 Å². The molecule has 1 heteroatoms. The maximum Gasteiger partial charge on any atom is 0.0149 e. The van der Waals surface area contributed by atoms with Gasteiger partial charge in [0.2, 0.25) is 0 Å². The maximum atomic E-state index is 6.22. The molecular formula is C14H31N. The normalized spacial score (nSPS) is 15.6. The molecule has 0 amide bonds. The minimum atomic E-state index is 0.0451. The predicted molar refractivity (Wildman–Crippen MR) is 70.0 cm³/mol. The van der Waals surface area contributed by atoms with Crippen molar-refractivity contribution in [3.63, 3.8) is 0 Å². The average molecular weight is 213 g/mol. The van der Waals surface area contributed by atoms with Crippen LogP contribution in [0.15, 0.2) is 0 Å². The Balaban J connectivity index is 3.31. The summed E-state index contributed by atoms with van der Waals surface area (Å²) < 4.78 is 0. The van der Waals surface area contributed by atoms with Gasteiger partial charge in [0, 0.05) is 5.54 Å². The van der Waals surface area contributed by atoms with Crippen LogP contribution in [0.5, 0.6) is 0 Å². The number of hydrogen-bond donors (Lipinski definition) is 1. The van der Waals surface area contributed by atoms with E-state index in [0.717, 1.165) is 0 Å². The van der Waals surface area contributed by atoms with Gasteiger partial charge in [-0.3, -0.25) is 0 Å². The Morgan fingerprint density at radius 1 is 0.933 bits per heavy atom. The van der Waals surface area contributed by atoms with E-state index in [1.165, 1.54) is 51.4 Å². The first-order chi connectivity index (χ1) is 7.00. The van der Waals surface area contributed by atoms with E-state index in [0.29, 0.717) is 5.92 Å². The molecule has 0 saturated heterocycles. The molecule has 0 heterocycles. The SMILES string of the molecule is CCCCCCCCCC(C)(N)C(C)C. The highest BCUT2D eigenvalue weighted by Crippen LogP contribution is 2.21. The summed E-state index contributed by atoms with van der Waals surface area (Å²) >= 11 is 0. The molecule has 2 N–H and O–H groups in total. The van der Waals surface area contributed by atoms with Crippen molar-refractivity contribution in [2.24, 2.45) is 11.7 Å². The van der Waals surface area contributed by atoms with E-state index >= 15 is 0 Å². The number of hydrogen-bond acceptors (Lipinski definition) is 1. The van der Waals surface area contributed by atoms with Gasteiger partial charge in [-0.1, -0.05) is 65.7 Å². The molecule has 0 aromatic carbocycles. The lowest BCUT2D eigenvalue weighted by molar-refractivity contribution is 0.305. The molecule has 0 aliphatic heterocycles. The lowest BCUT2D eigenvalue weighted by atomic mass is 9.84. The van der Waals surface area contributed by atoms with Crippen LogP contribution in [0.3, 0.4) is 0 Å².